The first-order valence-electron chi connectivity index (χ1n) is 6.92. The van der Waals surface area contributed by atoms with Gasteiger partial charge in [-0.05, 0) is 25.5 Å². The Balaban J connectivity index is 1.99. The molecule has 124 valence electrons. The third kappa shape index (κ3) is 3.34. The van der Waals surface area contributed by atoms with Gasteiger partial charge >= 0.3 is 0 Å². The maximum atomic E-state index is 12.4. The van der Waals surface area contributed by atoms with Gasteiger partial charge < -0.3 is 4.74 Å². The highest BCUT2D eigenvalue weighted by Crippen LogP contribution is 2.40. The number of thiophene rings is 1. The second-order valence-electron chi connectivity index (χ2n) is 5.36. The molecule has 0 aliphatic carbocycles. The van der Waals surface area contributed by atoms with Gasteiger partial charge in [-0.2, -0.15) is 5.21 Å². The number of amides is 1. The molecule has 0 saturated heterocycles. The van der Waals surface area contributed by atoms with Crippen LogP contribution in [0.1, 0.15) is 34.0 Å². The third-order valence-electron chi connectivity index (χ3n) is 3.18. The summed E-state index contributed by atoms with van der Waals surface area (Å²) in [5, 5.41) is 15.4. The van der Waals surface area contributed by atoms with Gasteiger partial charge in [-0.3, -0.25) is 10.1 Å². The average molecular weight is 357 g/mol. The van der Waals surface area contributed by atoms with Gasteiger partial charge in [0.15, 0.2) is 9.84 Å². The second kappa shape index (κ2) is 5.89. The minimum absolute atomic E-state index is 0.0458. The molecule has 3 rings (SSSR count). The zero-order valence-corrected chi connectivity index (χ0v) is 14.1. The fourth-order valence-corrected chi connectivity index (χ4v) is 5.04. The fourth-order valence-electron chi connectivity index (χ4n) is 2.27. The summed E-state index contributed by atoms with van der Waals surface area (Å²) in [6.07, 6.45) is 0.210. The van der Waals surface area contributed by atoms with E-state index in [9.17, 15) is 13.2 Å². The number of nitrogens with zero attached hydrogens (tertiary/aromatic N) is 3. The number of carbonyl (C=O) groups is 1. The number of rotatable bonds is 4. The molecule has 23 heavy (non-hydrogen) atoms. The van der Waals surface area contributed by atoms with Crippen LogP contribution in [0, 0.1) is 0 Å². The zero-order chi connectivity index (χ0) is 16.6. The van der Waals surface area contributed by atoms with E-state index in [2.05, 4.69) is 25.9 Å². The lowest BCUT2D eigenvalue weighted by Gasteiger charge is -2.16. The van der Waals surface area contributed by atoms with Crippen LogP contribution in [-0.2, 0) is 22.0 Å². The highest BCUT2D eigenvalue weighted by Gasteiger charge is 2.32. The smallest absolute Gasteiger partial charge is 0.272 e. The van der Waals surface area contributed by atoms with E-state index in [0.29, 0.717) is 22.6 Å². The Hall–Kier alpha value is -2.01. The maximum Gasteiger partial charge on any atom is 0.272 e. The number of aromatic nitrogens is 4. The van der Waals surface area contributed by atoms with Gasteiger partial charge in [0.2, 0.25) is 0 Å². The molecule has 0 unspecified atom stereocenters. The number of aromatic amines is 1. The zero-order valence-electron chi connectivity index (χ0n) is 12.5. The predicted molar refractivity (Wildman–Crippen MR) is 83.4 cm³/mol. The molecule has 2 N–H and O–H groups in total. The van der Waals surface area contributed by atoms with Gasteiger partial charge in [0.05, 0.1) is 17.6 Å². The molecule has 0 bridgehead atoms. The van der Waals surface area contributed by atoms with E-state index in [1.165, 1.54) is 11.3 Å². The second-order valence-corrected chi connectivity index (χ2v) is 8.65. The molecule has 2 aromatic heterocycles. The van der Waals surface area contributed by atoms with Gasteiger partial charge in [-0.15, -0.1) is 16.4 Å². The number of hydrogen-bond donors (Lipinski definition) is 2. The van der Waals surface area contributed by atoms with Crippen LogP contribution >= 0.6 is 11.3 Å². The molecule has 0 saturated carbocycles. The van der Waals surface area contributed by atoms with E-state index in [4.69, 9.17) is 4.74 Å². The van der Waals surface area contributed by atoms with Crippen molar-refractivity contribution in [2.75, 3.05) is 11.1 Å². The SMILES string of the molecule is CC(C)Oc1c(C(=O)Nc2nn[nH]n2)sc2c1CS(=O)(=O)CC2. The quantitative estimate of drug-likeness (QED) is 0.827. The van der Waals surface area contributed by atoms with Crippen molar-refractivity contribution in [2.45, 2.75) is 32.1 Å². The van der Waals surface area contributed by atoms with Crippen molar-refractivity contribution in [2.24, 2.45) is 0 Å². The number of hydrogen-bond acceptors (Lipinski definition) is 8. The summed E-state index contributed by atoms with van der Waals surface area (Å²) in [7, 11) is -3.16. The van der Waals surface area contributed by atoms with Crippen LogP contribution in [0.4, 0.5) is 5.95 Å². The Kier molecular flexibility index (Phi) is 4.06. The number of ether oxygens (including phenoxy) is 1. The molecular formula is C12H15N5O4S2. The van der Waals surface area contributed by atoms with E-state index >= 15 is 0 Å². The third-order valence-corrected chi connectivity index (χ3v) is 6.00. The van der Waals surface area contributed by atoms with Crippen molar-refractivity contribution >= 4 is 33.0 Å². The van der Waals surface area contributed by atoms with Crippen molar-refractivity contribution < 1.29 is 17.9 Å². The number of nitrogens with one attached hydrogen (secondary N) is 2. The number of aryl methyl sites for hydroxylation is 1. The summed E-state index contributed by atoms with van der Waals surface area (Å²) in [4.78, 5) is 13.6. The first kappa shape index (κ1) is 15.9. The topological polar surface area (TPSA) is 127 Å². The molecular weight excluding hydrogens is 342 g/mol. The Morgan fingerprint density at radius 2 is 2.22 bits per heavy atom. The average Bonchev–Trinajstić information content (AvgIpc) is 3.06. The van der Waals surface area contributed by atoms with Crippen LogP contribution in [-0.4, -0.2) is 46.8 Å². The molecule has 3 heterocycles. The Bertz CT molecular complexity index is 826. The van der Waals surface area contributed by atoms with Crippen LogP contribution in [0.3, 0.4) is 0 Å². The Morgan fingerprint density at radius 3 is 2.87 bits per heavy atom. The van der Waals surface area contributed by atoms with Gasteiger partial charge in [0, 0.05) is 10.4 Å². The largest absolute Gasteiger partial charge is 0.489 e. The van der Waals surface area contributed by atoms with Crippen molar-refractivity contribution in [3.63, 3.8) is 0 Å². The standard InChI is InChI=1S/C12H15N5O4S2/c1-6(2)21-9-7-5-23(19,20)4-3-8(7)22-10(9)11(18)13-12-14-16-17-15-12/h6H,3-5H2,1-2H3,(H2,13,14,15,16,17,18). The molecule has 1 aliphatic rings. The van der Waals surface area contributed by atoms with Crippen LogP contribution in [0.2, 0.25) is 0 Å². The number of fused-ring (bicyclic) bond motifs is 1. The Labute approximate surface area is 136 Å². The summed E-state index contributed by atoms with van der Waals surface area (Å²) >= 11 is 1.25. The van der Waals surface area contributed by atoms with Crippen LogP contribution in [0.5, 0.6) is 5.75 Å². The number of tetrazole rings is 1. The normalized spacial score (nSPS) is 16.1. The molecule has 0 spiro atoms. The molecule has 0 atom stereocenters. The van der Waals surface area contributed by atoms with Crippen molar-refractivity contribution in [3.05, 3.63) is 15.3 Å². The summed E-state index contributed by atoms with van der Waals surface area (Å²) in [5.41, 5.74) is 0.591. The lowest BCUT2D eigenvalue weighted by molar-refractivity contribution is 0.102. The van der Waals surface area contributed by atoms with E-state index in [0.717, 1.165) is 4.88 Å². The molecule has 2 aromatic rings. The number of anilines is 1. The molecule has 9 nitrogen and oxygen atoms in total. The summed E-state index contributed by atoms with van der Waals surface area (Å²) in [5.74, 6) is -0.0724. The van der Waals surface area contributed by atoms with E-state index in [1.807, 2.05) is 13.8 Å². The fraction of sp³-hybridized carbons (Fsp3) is 0.500. The van der Waals surface area contributed by atoms with E-state index in [-0.39, 0.29) is 23.6 Å². The summed E-state index contributed by atoms with van der Waals surface area (Å²) in [6.45, 7) is 3.64. The minimum atomic E-state index is -3.16. The van der Waals surface area contributed by atoms with Crippen LogP contribution in [0.15, 0.2) is 0 Å². The van der Waals surface area contributed by atoms with E-state index in [1.54, 1.807) is 0 Å². The number of H-pyrrole nitrogens is 1. The highest BCUT2D eigenvalue weighted by atomic mass is 32.2. The molecule has 1 aliphatic heterocycles. The summed E-state index contributed by atoms with van der Waals surface area (Å²) in [6, 6.07) is 0. The van der Waals surface area contributed by atoms with Crippen molar-refractivity contribution in [1.82, 2.24) is 20.6 Å². The van der Waals surface area contributed by atoms with Gasteiger partial charge in [-0.1, -0.05) is 5.10 Å². The van der Waals surface area contributed by atoms with Crippen molar-refractivity contribution in [1.29, 1.82) is 0 Å². The molecule has 0 radical (unpaired) electrons. The first-order valence-corrected chi connectivity index (χ1v) is 9.56. The monoisotopic (exact) mass is 357 g/mol. The number of sulfone groups is 1. The lowest BCUT2D eigenvalue weighted by Crippen LogP contribution is -2.19. The molecule has 0 aromatic carbocycles. The highest BCUT2D eigenvalue weighted by molar-refractivity contribution is 7.90. The molecule has 1 amide bonds. The van der Waals surface area contributed by atoms with Crippen LogP contribution in [0.25, 0.3) is 0 Å². The minimum Gasteiger partial charge on any atom is -0.489 e. The predicted octanol–water partition coefficient (Wildman–Crippen LogP) is 0.772. The first-order chi connectivity index (χ1) is 10.9. The summed E-state index contributed by atoms with van der Waals surface area (Å²) < 4.78 is 29.5. The molecule has 11 heteroatoms. The Morgan fingerprint density at radius 1 is 1.43 bits per heavy atom. The lowest BCUT2D eigenvalue weighted by atomic mass is 10.2. The molecule has 0 fully saturated rings. The van der Waals surface area contributed by atoms with E-state index < -0.39 is 15.7 Å². The maximum absolute atomic E-state index is 12.4. The van der Waals surface area contributed by atoms with Crippen molar-refractivity contribution in [3.8, 4) is 5.75 Å². The van der Waals surface area contributed by atoms with Gasteiger partial charge in [0.1, 0.15) is 10.6 Å². The van der Waals surface area contributed by atoms with Gasteiger partial charge in [0.25, 0.3) is 11.9 Å². The number of carbonyl (C=O) groups excluding carboxylic acids is 1. The van der Waals surface area contributed by atoms with Gasteiger partial charge in [-0.25, -0.2) is 8.42 Å². The van der Waals surface area contributed by atoms with Crippen LogP contribution < -0.4 is 10.1 Å².